The number of amides is 1. The van der Waals surface area contributed by atoms with Gasteiger partial charge in [0.25, 0.3) is 0 Å². The average molecular weight is 501 g/mol. The lowest BCUT2D eigenvalue weighted by molar-refractivity contribution is 0.0830. The van der Waals surface area contributed by atoms with Crippen LogP contribution in [0.25, 0.3) is 10.1 Å². The van der Waals surface area contributed by atoms with Gasteiger partial charge in [0, 0.05) is 32.9 Å². The number of anilines is 1. The number of benzene rings is 2. The van der Waals surface area contributed by atoms with Crippen LogP contribution in [-0.2, 0) is 4.74 Å². The number of carbonyl (C=O) groups is 2. The van der Waals surface area contributed by atoms with Crippen LogP contribution in [0, 0.1) is 5.92 Å². The predicted octanol–water partition coefficient (Wildman–Crippen LogP) is 6.20. The molecule has 4 rings (SSSR count). The van der Waals surface area contributed by atoms with Crippen molar-refractivity contribution in [2.75, 3.05) is 31.6 Å². The molecule has 0 saturated carbocycles. The smallest absolute Gasteiger partial charge is 0.411 e. The Bertz CT molecular complexity index is 1040. The van der Waals surface area contributed by atoms with E-state index in [2.05, 4.69) is 26.1 Å². The van der Waals surface area contributed by atoms with Crippen LogP contribution in [0.5, 0.6) is 0 Å². The zero-order chi connectivity index (χ0) is 21.6. The van der Waals surface area contributed by atoms with Crippen LogP contribution in [-0.4, -0.2) is 43.0 Å². The molecule has 0 bridgehead atoms. The van der Waals surface area contributed by atoms with Gasteiger partial charge in [-0.1, -0.05) is 28.1 Å². The van der Waals surface area contributed by atoms with Gasteiger partial charge in [-0.05, 0) is 79.5 Å². The van der Waals surface area contributed by atoms with E-state index in [9.17, 15) is 9.59 Å². The van der Waals surface area contributed by atoms with E-state index in [0.717, 1.165) is 60.0 Å². The lowest BCUT2D eigenvalue weighted by atomic mass is 9.89. The van der Waals surface area contributed by atoms with E-state index in [1.165, 1.54) is 4.70 Å². The highest BCUT2D eigenvalue weighted by atomic mass is 79.9. The van der Waals surface area contributed by atoms with Crippen molar-refractivity contribution in [2.24, 2.45) is 5.92 Å². The largest absolute Gasteiger partial charge is 0.449 e. The van der Waals surface area contributed by atoms with E-state index in [-0.39, 0.29) is 11.7 Å². The van der Waals surface area contributed by atoms with Crippen molar-refractivity contribution in [3.05, 3.63) is 63.9 Å². The van der Waals surface area contributed by atoms with Gasteiger partial charge in [0.1, 0.15) is 0 Å². The molecule has 0 spiro atoms. The first-order valence-electron chi connectivity index (χ1n) is 10.5. The molecule has 0 unspecified atom stereocenters. The zero-order valence-corrected chi connectivity index (χ0v) is 19.6. The molecular formula is C24H25BrN2O3S. The van der Waals surface area contributed by atoms with Crippen molar-refractivity contribution in [1.82, 2.24) is 4.90 Å². The number of fused-ring (bicyclic) bond motifs is 1. The van der Waals surface area contributed by atoms with Gasteiger partial charge in [0.2, 0.25) is 0 Å². The number of hydrogen-bond donors (Lipinski definition) is 1. The SMILES string of the molecule is O=C(Nc1ccc2sccc2c1)OCCCN1CCC(C(=O)c2ccc(Br)cc2)CC1. The molecule has 1 N–H and O–H groups in total. The number of ketones is 1. The summed E-state index contributed by atoms with van der Waals surface area (Å²) in [6, 6.07) is 15.5. The fourth-order valence-electron chi connectivity index (χ4n) is 3.92. The number of thiophene rings is 1. The number of nitrogens with zero attached hydrogens (tertiary/aromatic N) is 1. The van der Waals surface area contributed by atoms with E-state index in [1.807, 2.05) is 53.9 Å². The summed E-state index contributed by atoms with van der Waals surface area (Å²) in [6.45, 7) is 3.05. The summed E-state index contributed by atoms with van der Waals surface area (Å²) in [5.41, 5.74) is 1.53. The fourth-order valence-corrected chi connectivity index (χ4v) is 4.96. The van der Waals surface area contributed by atoms with Crippen LogP contribution in [0.3, 0.4) is 0 Å². The van der Waals surface area contributed by atoms with Gasteiger partial charge in [-0.2, -0.15) is 0 Å². The van der Waals surface area contributed by atoms with E-state index in [4.69, 9.17) is 4.74 Å². The van der Waals surface area contributed by atoms with E-state index in [0.29, 0.717) is 6.61 Å². The Hall–Kier alpha value is -2.22. The van der Waals surface area contributed by atoms with Crippen molar-refractivity contribution < 1.29 is 14.3 Å². The maximum Gasteiger partial charge on any atom is 0.411 e. The Morgan fingerprint density at radius 2 is 1.87 bits per heavy atom. The third-order valence-corrected chi connectivity index (χ3v) is 7.06. The van der Waals surface area contributed by atoms with Gasteiger partial charge in [0.05, 0.1) is 6.61 Å². The van der Waals surface area contributed by atoms with Gasteiger partial charge in [0.15, 0.2) is 5.78 Å². The second-order valence-corrected chi connectivity index (χ2v) is 9.64. The van der Waals surface area contributed by atoms with Crippen LogP contribution >= 0.6 is 27.3 Å². The normalized spacial score (nSPS) is 15.1. The molecule has 0 radical (unpaired) electrons. The predicted molar refractivity (Wildman–Crippen MR) is 129 cm³/mol. The first-order chi connectivity index (χ1) is 15.1. The molecule has 0 aliphatic carbocycles. The summed E-state index contributed by atoms with van der Waals surface area (Å²) in [4.78, 5) is 27.0. The molecule has 31 heavy (non-hydrogen) atoms. The van der Waals surface area contributed by atoms with Gasteiger partial charge in [-0.25, -0.2) is 4.79 Å². The molecule has 162 valence electrons. The number of ether oxygens (including phenoxy) is 1. The fraction of sp³-hybridized carbons (Fsp3) is 0.333. The summed E-state index contributed by atoms with van der Waals surface area (Å²) in [6.07, 6.45) is 2.11. The highest BCUT2D eigenvalue weighted by molar-refractivity contribution is 9.10. The molecule has 7 heteroatoms. The van der Waals surface area contributed by atoms with Crippen molar-refractivity contribution in [2.45, 2.75) is 19.3 Å². The minimum absolute atomic E-state index is 0.0972. The number of likely N-dealkylation sites (tertiary alicyclic amines) is 1. The highest BCUT2D eigenvalue weighted by Crippen LogP contribution is 2.24. The van der Waals surface area contributed by atoms with E-state index < -0.39 is 6.09 Å². The summed E-state index contributed by atoms with van der Waals surface area (Å²) in [5, 5.41) is 5.94. The maximum atomic E-state index is 12.7. The number of hydrogen-bond acceptors (Lipinski definition) is 5. The maximum absolute atomic E-state index is 12.7. The zero-order valence-electron chi connectivity index (χ0n) is 17.2. The quantitative estimate of drug-likeness (QED) is 0.310. The Morgan fingerprint density at radius 1 is 1.10 bits per heavy atom. The standard InChI is InChI=1S/C24H25BrN2O3S/c25-20-4-2-17(3-5-20)23(28)18-8-12-27(13-9-18)11-1-14-30-24(29)26-21-6-7-22-19(16-21)10-15-31-22/h2-7,10,15-16,18H,1,8-9,11-14H2,(H,26,29). The van der Waals surface area contributed by atoms with Crippen molar-refractivity contribution in [3.63, 3.8) is 0 Å². The molecule has 1 aliphatic heterocycles. The molecule has 2 aromatic carbocycles. The Morgan fingerprint density at radius 3 is 2.65 bits per heavy atom. The molecule has 0 atom stereocenters. The van der Waals surface area contributed by atoms with Crippen molar-refractivity contribution >= 4 is 54.9 Å². The highest BCUT2D eigenvalue weighted by Gasteiger charge is 2.25. The second kappa shape index (κ2) is 10.4. The Kier molecular flexibility index (Phi) is 7.37. The summed E-state index contributed by atoms with van der Waals surface area (Å²) < 4.78 is 7.51. The lowest BCUT2D eigenvalue weighted by Gasteiger charge is -2.31. The lowest BCUT2D eigenvalue weighted by Crippen LogP contribution is -2.37. The summed E-state index contributed by atoms with van der Waals surface area (Å²) in [5.74, 6) is 0.341. The molecule has 2 heterocycles. The number of halogens is 1. The molecular weight excluding hydrogens is 476 g/mol. The summed E-state index contributed by atoms with van der Waals surface area (Å²) in [7, 11) is 0. The average Bonchev–Trinajstić information content (AvgIpc) is 3.25. The van der Waals surface area contributed by atoms with Crippen LogP contribution < -0.4 is 5.32 Å². The molecule has 1 fully saturated rings. The monoisotopic (exact) mass is 500 g/mol. The first-order valence-corrected chi connectivity index (χ1v) is 12.2. The first kappa shape index (κ1) is 22.0. The molecule has 3 aromatic rings. The van der Waals surface area contributed by atoms with Crippen molar-refractivity contribution in [1.29, 1.82) is 0 Å². The Balaban J connectivity index is 1.13. The number of rotatable bonds is 7. The minimum atomic E-state index is -0.423. The van der Waals surface area contributed by atoms with Crippen LogP contribution in [0.15, 0.2) is 58.4 Å². The van der Waals surface area contributed by atoms with E-state index >= 15 is 0 Å². The molecule has 1 aromatic heterocycles. The minimum Gasteiger partial charge on any atom is -0.449 e. The van der Waals surface area contributed by atoms with Crippen LogP contribution in [0.2, 0.25) is 0 Å². The van der Waals surface area contributed by atoms with Gasteiger partial charge >= 0.3 is 6.09 Å². The second-order valence-electron chi connectivity index (χ2n) is 7.77. The van der Waals surface area contributed by atoms with Gasteiger partial charge in [-0.15, -0.1) is 11.3 Å². The third-order valence-electron chi connectivity index (χ3n) is 5.64. The number of Topliss-reactive ketones (excluding diaryl/α,β-unsaturated/α-hetero) is 1. The summed E-state index contributed by atoms with van der Waals surface area (Å²) >= 11 is 5.08. The van der Waals surface area contributed by atoms with Crippen LogP contribution in [0.4, 0.5) is 10.5 Å². The third kappa shape index (κ3) is 5.93. The number of nitrogens with one attached hydrogen (secondary N) is 1. The molecule has 1 aliphatic rings. The van der Waals surface area contributed by atoms with Crippen molar-refractivity contribution in [3.8, 4) is 0 Å². The molecule has 1 amide bonds. The number of carbonyl (C=O) groups excluding carboxylic acids is 2. The molecule has 1 saturated heterocycles. The van der Waals surface area contributed by atoms with Crippen LogP contribution in [0.1, 0.15) is 29.6 Å². The van der Waals surface area contributed by atoms with Gasteiger partial charge in [-0.3, -0.25) is 10.1 Å². The Labute approximate surface area is 194 Å². The molecule has 5 nitrogen and oxygen atoms in total. The topological polar surface area (TPSA) is 58.6 Å². The number of piperidine rings is 1. The van der Waals surface area contributed by atoms with E-state index in [1.54, 1.807) is 11.3 Å². The van der Waals surface area contributed by atoms with Gasteiger partial charge < -0.3 is 9.64 Å².